The molecule has 1 aromatic rings. The van der Waals surface area contributed by atoms with Crippen molar-refractivity contribution >= 4 is 29.2 Å². The van der Waals surface area contributed by atoms with E-state index in [1.165, 1.54) is 6.92 Å². The van der Waals surface area contributed by atoms with Crippen molar-refractivity contribution in [1.29, 1.82) is 0 Å². The summed E-state index contributed by atoms with van der Waals surface area (Å²) in [5, 5.41) is 3.34. The molecule has 110 valence electrons. The van der Waals surface area contributed by atoms with E-state index in [4.69, 9.17) is 22.1 Å². The molecule has 0 aliphatic heterocycles. The fourth-order valence-corrected chi connectivity index (χ4v) is 1.83. The van der Waals surface area contributed by atoms with Crippen LogP contribution in [0.1, 0.15) is 25.3 Å². The molecule has 0 unspecified atom stereocenters. The van der Waals surface area contributed by atoms with Gasteiger partial charge in [-0.1, -0.05) is 17.7 Å². The summed E-state index contributed by atoms with van der Waals surface area (Å²) in [5.41, 5.74) is 7.32. The molecule has 6 heteroatoms. The minimum atomic E-state index is -0.311. The number of carbonyl (C=O) groups excluding carboxylic acids is 2. The summed E-state index contributed by atoms with van der Waals surface area (Å²) in [7, 11) is 0. The summed E-state index contributed by atoms with van der Waals surface area (Å²) in [4.78, 5) is 22.1. The third-order valence-electron chi connectivity index (χ3n) is 2.68. The lowest BCUT2D eigenvalue weighted by Crippen LogP contribution is -2.25. The van der Waals surface area contributed by atoms with Gasteiger partial charge in [-0.3, -0.25) is 9.59 Å². The highest BCUT2D eigenvalue weighted by atomic mass is 35.5. The molecular weight excluding hydrogens is 280 g/mol. The standard InChI is InChI=1S/C14H19ClN2O3/c1-10(18)20-8-2-7-17-14(19)6-4-11-3-5-12(15)9-13(11)16/h3,5,9H,2,4,6-8,16H2,1H3,(H,17,19). The Morgan fingerprint density at radius 2 is 2.15 bits per heavy atom. The van der Waals surface area contributed by atoms with E-state index in [0.29, 0.717) is 43.1 Å². The van der Waals surface area contributed by atoms with Crippen molar-refractivity contribution in [2.75, 3.05) is 18.9 Å². The Bertz CT molecular complexity index is 477. The average Bonchev–Trinajstić information content (AvgIpc) is 2.37. The molecule has 1 rings (SSSR count). The Morgan fingerprint density at radius 3 is 2.80 bits per heavy atom. The number of halogens is 1. The van der Waals surface area contributed by atoms with Gasteiger partial charge < -0.3 is 15.8 Å². The summed E-state index contributed by atoms with van der Waals surface area (Å²) in [5.74, 6) is -0.364. The summed E-state index contributed by atoms with van der Waals surface area (Å²) in [6, 6.07) is 5.25. The molecule has 0 aromatic heterocycles. The van der Waals surface area contributed by atoms with Crippen molar-refractivity contribution in [3.63, 3.8) is 0 Å². The summed E-state index contributed by atoms with van der Waals surface area (Å²) in [6.45, 7) is 2.16. The number of hydrogen-bond acceptors (Lipinski definition) is 4. The van der Waals surface area contributed by atoms with Crippen LogP contribution in [-0.2, 0) is 20.7 Å². The minimum Gasteiger partial charge on any atom is -0.466 e. The van der Waals surface area contributed by atoms with Gasteiger partial charge in [0.2, 0.25) is 5.91 Å². The Hall–Kier alpha value is -1.75. The first-order chi connectivity index (χ1) is 9.49. The maximum atomic E-state index is 11.6. The van der Waals surface area contributed by atoms with Crippen LogP contribution >= 0.6 is 11.6 Å². The molecule has 1 aromatic carbocycles. The van der Waals surface area contributed by atoms with Gasteiger partial charge in [-0.2, -0.15) is 0 Å². The highest BCUT2D eigenvalue weighted by Gasteiger charge is 2.05. The van der Waals surface area contributed by atoms with E-state index in [0.717, 1.165) is 5.56 Å². The third kappa shape index (κ3) is 6.43. The Balaban J connectivity index is 2.21. The Kier molecular flexibility index (Phi) is 6.87. The number of rotatable bonds is 7. The first kappa shape index (κ1) is 16.3. The lowest BCUT2D eigenvalue weighted by Gasteiger charge is -2.07. The zero-order valence-electron chi connectivity index (χ0n) is 11.4. The van der Waals surface area contributed by atoms with E-state index in [-0.39, 0.29) is 11.9 Å². The smallest absolute Gasteiger partial charge is 0.302 e. The molecule has 20 heavy (non-hydrogen) atoms. The van der Waals surface area contributed by atoms with Gasteiger partial charge >= 0.3 is 5.97 Å². The summed E-state index contributed by atoms with van der Waals surface area (Å²) < 4.78 is 4.76. The maximum Gasteiger partial charge on any atom is 0.302 e. The highest BCUT2D eigenvalue weighted by molar-refractivity contribution is 6.30. The number of benzene rings is 1. The zero-order valence-corrected chi connectivity index (χ0v) is 12.2. The topological polar surface area (TPSA) is 81.4 Å². The molecule has 0 heterocycles. The summed E-state index contributed by atoms with van der Waals surface area (Å²) >= 11 is 5.80. The third-order valence-corrected chi connectivity index (χ3v) is 2.91. The van der Waals surface area contributed by atoms with Crippen LogP contribution in [-0.4, -0.2) is 25.0 Å². The number of hydrogen-bond donors (Lipinski definition) is 2. The van der Waals surface area contributed by atoms with Gasteiger partial charge in [0, 0.05) is 30.6 Å². The van der Waals surface area contributed by atoms with E-state index in [1.807, 2.05) is 6.07 Å². The largest absolute Gasteiger partial charge is 0.466 e. The number of amides is 1. The predicted octanol–water partition coefficient (Wildman–Crippen LogP) is 1.92. The average molecular weight is 299 g/mol. The second-order valence-electron chi connectivity index (χ2n) is 4.39. The van der Waals surface area contributed by atoms with Gasteiger partial charge in [-0.25, -0.2) is 0 Å². The predicted molar refractivity (Wildman–Crippen MR) is 78.4 cm³/mol. The van der Waals surface area contributed by atoms with Gasteiger partial charge in [-0.05, 0) is 30.5 Å². The minimum absolute atomic E-state index is 0.0535. The number of carbonyl (C=O) groups is 2. The van der Waals surface area contributed by atoms with Gasteiger partial charge in [0.15, 0.2) is 0 Å². The fraction of sp³-hybridized carbons (Fsp3) is 0.429. The number of nitrogens with one attached hydrogen (secondary N) is 1. The van der Waals surface area contributed by atoms with Crippen LogP contribution in [0.25, 0.3) is 0 Å². The van der Waals surface area contributed by atoms with Crippen molar-refractivity contribution < 1.29 is 14.3 Å². The SMILES string of the molecule is CC(=O)OCCCNC(=O)CCc1ccc(Cl)cc1N. The number of esters is 1. The van der Waals surface area contributed by atoms with Gasteiger partial charge in [0.25, 0.3) is 0 Å². The maximum absolute atomic E-state index is 11.6. The summed E-state index contributed by atoms with van der Waals surface area (Å²) in [6.07, 6.45) is 1.53. The van der Waals surface area contributed by atoms with E-state index in [1.54, 1.807) is 12.1 Å². The van der Waals surface area contributed by atoms with E-state index in [9.17, 15) is 9.59 Å². The second-order valence-corrected chi connectivity index (χ2v) is 4.82. The van der Waals surface area contributed by atoms with E-state index < -0.39 is 0 Å². The number of anilines is 1. The van der Waals surface area contributed by atoms with Crippen LogP contribution in [0.2, 0.25) is 5.02 Å². The molecule has 3 N–H and O–H groups in total. The van der Waals surface area contributed by atoms with E-state index in [2.05, 4.69) is 5.32 Å². The lowest BCUT2D eigenvalue weighted by atomic mass is 10.1. The van der Waals surface area contributed by atoms with E-state index >= 15 is 0 Å². The number of nitrogens with two attached hydrogens (primary N) is 1. The first-order valence-electron chi connectivity index (χ1n) is 6.43. The molecule has 1 amide bonds. The molecule has 0 aliphatic rings. The molecule has 0 spiro atoms. The molecule has 0 atom stereocenters. The van der Waals surface area contributed by atoms with Gasteiger partial charge in [0.05, 0.1) is 6.61 Å². The van der Waals surface area contributed by atoms with Crippen molar-refractivity contribution in [1.82, 2.24) is 5.32 Å². The lowest BCUT2D eigenvalue weighted by molar-refractivity contribution is -0.140. The van der Waals surface area contributed by atoms with Crippen LogP contribution in [0.4, 0.5) is 5.69 Å². The normalized spacial score (nSPS) is 10.1. The molecule has 5 nitrogen and oxygen atoms in total. The van der Waals surface area contributed by atoms with Gasteiger partial charge in [0.1, 0.15) is 0 Å². The van der Waals surface area contributed by atoms with Crippen molar-refractivity contribution in [2.45, 2.75) is 26.2 Å². The second kappa shape index (κ2) is 8.43. The quantitative estimate of drug-likeness (QED) is 0.458. The van der Waals surface area contributed by atoms with Crippen molar-refractivity contribution in [3.05, 3.63) is 28.8 Å². The molecular formula is C14H19ClN2O3. The molecule has 0 fully saturated rings. The molecule has 0 saturated carbocycles. The monoisotopic (exact) mass is 298 g/mol. The van der Waals surface area contributed by atoms with Crippen molar-refractivity contribution in [2.24, 2.45) is 0 Å². The van der Waals surface area contributed by atoms with Crippen LogP contribution in [0, 0.1) is 0 Å². The number of aryl methyl sites for hydroxylation is 1. The van der Waals surface area contributed by atoms with Crippen LogP contribution < -0.4 is 11.1 Å². The first-order valence-corrected chi connectivity index (χ1v) is 6.81. The molecule has 0 bridgehead atoms. The Labute approximate surface area is 123 Å². The van der Waals surface area contributed by atoms with Crippen molar-refractivity contribution in [3.8, 4) is 0 Å². The van der Waals surface area contributed by atoms with Crippen LogP contribution in [0.3, 0.4) is 0 Å². The zero-order chi connectivity index (χ0) is 15.0. The Morgan fingerprint density at radius 1 is 1.40 bits per heavy atom. The van der Waals surface area contributed by atoms with Crippen LogP contribution in [0.15, 0.2) is 18.2 Å². The fourth-order valence-electron chi connectivity index (χ4n) is 1.65. The van der Waals surface area contributed by atoms with Crippen LogP contribution in [0.5, 0.6) is 0 Å². The molecule has 0 radical (unpaired) electrons. The van der Waals surface area contributed by atoms with Gasteiger partial charge in [-0.15, -0.1) is 0 Å². The highest BCUT2D eigenvalue weighted by Crippen LogP contribution is 2.19. The number of ether oxygens (including phenoxy) is 1. The molecule has 0 aliphatic carbocycles. The molecule has 0 saturated heterocycles. The number of nitrogen functional groups attached to an aromatic ring is 1.